The summed E-state index contributed by atoms with van der Waals surface area (Å²) in [6.07, 6.45) is 1.10. The normalized spacial score (nSPS) is 12.2. The van der Waals surface area contributed by atoms with E-state index in [0.29, 0.717) is 13.1 Å². The summed E-state index contributed by atoms with van der Waals surface area (Å²) < 4.78 is 0. The lowest BCUT2D eigenvalue weighted by atomic mass is 10.1. The van der Waals surface area contributed by atoms with Gasteiger partial charge < -0.3 is 20.9 Å². The number of hydrogen-bond acceptors (Lipinski definition) is 3. The number of carbonyl (C=O) groups is 2. The molecule has 0 atom stereocenters. The molecule has 3 N–H and O–H groups in total. The summed E-state index contributed by atoms with van der Waals surface area (Å²) in [5.41, 5.74) is 7.19. The molecular formula is C27H30N4O2. The second kappa shape index (κ2) is 10.7. The fourth-order valence-corrected chi connectivity index (χ4v) is 3.93. The van der Waals surface area contributed by atoms with Crippen molar-refractivity contribution in [2.24, 2.45) is 0 Å². The zero-order valence-electron chi connectivity index (χ0n) is 18.9. The number of aryl methyl sites for hydroxylation is 1. The van der Waals surface area contributed by atoms with Gasteiger partial charge in [0.15, 0.2) is 0 Å². The molecule has 6 heteroatoms. The largest absolute Gasteiger partial charge is 0.367 e. The van der Waals surface area contributed by atoms with Gasteiger partial charge in [0.25, 0.3) is 0 Å². The lowest BCUT2D eigenvalue weighted by Crippen LogP contribution is -2.41. The van der Waals surface area contributed by atoms with Gasteiger partial charge in [-0.3, -0.25) is 4.79 Å². The number of hydrogen-bond donors (Lipinski definition) is 3. The van der Waals surface area contributed by atoms with Crippen LogP contribution in [0, 0.1) is 6.92 Å². The number of anilines is 1. The number of nitrogens with one attached hydrogen (secondary N) is 3. The molecule has 0 bridgehead atoms. The maximum Gasteiger partial charge on any atom is 0.315 e. The van der Waals surface area contributed by atoms with Crippen LogP contribution in [0.15, 0.2) is 72.8 Å². The highest BCUT2D eigenvalue weighted by molar-refractivity contribution is 5.83. The number of rotatable bonds is 8. The maximum absolute atomic E-state index is 12.1. The number of carbonyl (C=O) groups excluding carboxylic acids is 2. The minimum Gasteiger partial charge on any atom is -0.367 e. The van der Waals surface area contributed by atoms with Crippen molar-refractivity contribution in [2.45, 2.75) is 33.0 Å². The topological polar surface area (TPSA) is 73.5 Å². The van der Waals surface area contributed by atoms with Gasteiger partial charge in [-0.25, -0.2) is 4.79 Å². The molecule has 1 aliphatic rings. The smallest absolute Gasteiger partial charge is 0.315 e. The summed E-state index contributed by atoms with van der Waals surface area (Å²) in [4.78, 5) is 26.4. The molecule has 1 aliphatic heterocycles. The highest BCUT2D eigenvalue weighted by Crippen LogP contribution is 2.28. The van der Waals surface area contributed by atoms with Gasteiger partial charge in [0, 0.05) is 31.9 Å². The average Bonchev–Trinajstić information content (AvgIpc) is 3.24. The fraction of sp³-hybridized carbons (Fsp3) is 0.259. The molecule has 0 unspecified atom stereocenters. The molecule has 6 nitrogen and oxygen atoms in total. The Morgan fingerprint density at radius 3 is 2.18 bits per heavy atom. The first kappa shape index (κ1) is 22.4. The van der Waals surface area contributed by atoms with Gasteiger partial charge in [0.2, 0.25) is 5.91 Å². The third-order valence-electron chi connectivity index (χ3n) is 5.85. The molecule has 4 rings (SSSR count). The van der Waals surface area contributed by atoms with Crippen LogP contribution in [0.4, 0.5) is 10.5 Å². The molecule has 3 aromatic carbocycles. The molecule has 33 heavy (non-hydrogen) atoms. The zero-order valence-corrected chi connectivity index (χ0v) is 18.9. The molecule has 0 aromatic heterocycles. The van der Waals surface area contributed by atoms with Crippen molar-refractivity contribution < 1.29 is 9.59 Å². The SMILES string of the molecule is Cc1ccc(CNC(=O)NCC(=O)NCc2ccc(CN3CCc4ccccc43)cc2)cc1. The monoisotopic (exact) mass is 442 g/mol. The average molecular weight is 443 g/mol. The highest BCUT2D eigenvalue weighted by Gasteiger charge is 2.18. The van der Waals surface area contributed by atoms with Crippen LogP contribution < -0.4 is 20.9 Å². The highest BCUT2D eigenvalue weighted by atomic mass is 16.2. The molecule has 0 saturated heterocycles. The first-order chi connectivity index (χ1) is 16.1. The van der Waals surface area contributed by atoms with Crippen molar-refractivity contribution in [1.82, 2.24) is 16.0 Å². The standard InChI is InChI=1S/C27H30N4O2/c1-20-6-8-21(9-7-20)17-29-27(33)30-18-26(32)28-16-22-10-12-23(13-11-22)19-31-15-14-24-4-2-3-5-25(24)31/h2-13H,14-19H2,1H3,(H,28,32)(H2,29,30,33). The van der Waals surface area contributed by atoms with Crippen LogP contribution in [0.1, 0.15) is 27.8 Å². The van der Waals surface area contributed by atoms with Gasteiger partial charge in [-0.05, 0) is 41.7 Å². The Labute approximate surface area is 195 Å². The van der Waals surface area contributed by atoms with Gasteiger partial charge in [0.1, 0.15) is 0 Å². The van der Waals surface area contributed by atoms with Crippen molar-refractivity contribution >= 4 is 17.6 Å². The predicted octanol–water partition coefficient (Wildman–Crippen LogP) is 3.67. The second-order valence-electron chi connectivity index (χ2n) is 8.42. The number of urea groups is 1. The molecule has 1 heterocycles. The summed E-state index contributed by atoms with van der Waals surface area (Å²) >= 11 is 0. The van der Waals surface area contributed by atoms with Crippen LogP contribution in [0.5, 0.6) is 0 Å². The quantitative estimate of drug-likeness (QED) is 0.498. The summed E-state index contributed by atoms with van der Waals surface area (Å²) in [6.45, 7) is 4.73. The van der Waals surface area contributed by atoms with Crippen molar-refractivity contribution in [2.75, 3.05) is 18.0 Å². The number of benzene rings is 3. The van der Waals surface area contributed by atoms with Crippen molar-refractivity contribution in [3.05, 3.63) is 101 Å². The van der Waals surface area contributed by atoms with Crippen LogP contribution in [-0.4, -0.2) is 25.0 Å². The first-order valence-electron chi connectivity index (χ1n) is 11.3. The van der Waals surface area contributed by atoms with E-state index in [4.69, 9.17) is 0 Å². The summed E-state index contributed by atoms with van der Waals surface area (Å²) in [5.74, 6) is -0.224. The van der Waals surface area contributed by atoms with E-state index in [1.807, 2.05) is 43.3 Å². The Balaban J connectivity index is 1.16. The summed E-state index contributed by atoms with van der Waals surface area (Å²) in [7, 11) is 0. The number of nitrogens with zero attached hydrogens (tertiary/aromatic N) is 1. The number of fused-ring (bicyclic) bond motifs is 1. The Morgan fingerprint density at radius 2 is 1.42 bits per heavy atom. The molecule has 0 spiro atoms. The number of para-hydroxylation sites is 1. The molecule has 0 saturated carbocycles. The van der Waals surface area contributed by atoms with Crippen LogP contribution in [0.2, 0.25) is 0 Å². The first-order valence-corrected chi connectivity index (χ1v) is 11.3. The lowest BCUT2D eigenvalue weighted by Gasteiger charge is -2.19. The van der Waals surface area contributed by atoms with Crippen LogP contribution in [-0.2, 0) is 30.8 Å². The van der Waals surface area contributed by atoms with Gasteiger partial charge in [-0.2, -0.15) is 0 Å². The minimum absolute atomic E-state index is 0.0633. The van der Waals surface area contributed by atoms with Gasteiger partial charge >= 0.3 is 6.03 Å². The Bertz CT molecular complexity index is 1090. The van der Waals surface area contributed by atoms with E-state index < -0.39 is 0 Å². The Kier molecular flexibility index (Phi) is 7.25. The van der Waals surface area contributed by atoms with Gasteiger partial charge in [0.05, 0.1) is 6.54 Å². The predicted molar refractivity (Wildman–Crippen MR) is 131 cm³/mol. The molecule has 0 radical (unpaired) electrons. The lowest BCUT2D eigenvalue weighted by molar-refractivity contribution is -0.120. The van der Waals surface area contributed by atoms with Crippen LogP contribution >= 0.6 is 0 Å². The van der Waals surface area contributed by atoms with E-state index in [2.05, 4.69) is 57.2 Å². The third-order valence-corrected chi connectivity index (χ3v) is 5.85. The third kappa shape index (κ3) is 6.35. The Hall–Kier alpha value is -3.80. The Morgan fingerprint density at radius 1 is 0.788 bits per heavy atom. The molecule has 3 amide bonds. The fourth-order valence-electron chi connectivity index (χ4n) is 3.93. The molecule has 0 aliphatic carbocycles. The van der Waals surface area contributed by atoms with Crippen molar-refractivity contribution in [3.8, 4) is 0 Å². The second-order valence-corrected chi connectivity index (χ2v) is 8.42. The van der Waals surface area contributed by atoms with E-state index in [0.717, 1.165) is 30.6 Å². The van der Waals surface area contributed by atoms with E-state index >= 15 is 0 Å². The van der Waals surface area contributed by atoms with E-state index in [9.17, 15) is 9.59 Å². The minimum atomic E-state index is -0.362. The molecule has 0 fully saturated rings. The van der Waals surface area contributed by atoms with Crippen molar-refractivity contribution in [3.63, 3.8) is 0 Å². The van der Waals surface area contributed by atoms with E-state index in [-0.39, 0.29) is 18.5 Å². The maximum atomic E-state index is 12.1. The van der Waals surface area contributed by atoms with E-state index in [1.54, 1.807) is 0 Å². The number of amides is 3. The summed E-state index contributed by atoms with van der Waals surface area (Å²) in [6, 6.07) is 24.4. The van der Waals surface area contributed by atoms with E-state index in [1.165, 1.54) is 22.4 Å². The van der Waals surface area contributed by atoms with Crippen molar-refractivity contribution in [1.29, 1.82) is 0 Å². The van der Waals surface area contributed by atoms with Crippen LogP contribution in [0.3, 0.4) is 0 Å². The summed E-state index contributed by atoms with van der Waals surface area (Å²) in [5, 5.41) is 8.19. The van der Waals surface area contributed by atoms with Gasteiger partial charge in [-0.15, -0.1) is 0 Å². The molecular weight excluding hydrogens is 412 g/mol. The molecule has 3 aromatic rings. The molecule has 170 valence electrons. The van der Waals surface area contributed by atoms with Crippen LogP contribution in [0.25, 0.3) is 0 Å². The zero-order chi connectivity index (χ0) is 23.0. The van der Waals surface area contributed by atoms with Gasteiger partial charge in [-0.1, -0.05) is 72.3 Å².